The molecule has 1 N–H and O–H groups in total. The highest BCUT2D eigenvalue weighted by molar-refractivity contribution is 5.13. The summed E-state index contributed by atoms with van der Waals surface area (Å²) in [5.74, 6) is 0.139. The summed E-state index contributed by atoms with van der Waals surface area (Å²) in [6, 6.07) is 9.96. The molecule has 0 amide bonds. The molecule has 1 aromatic carbocycles. The standard InChI is InChI=1S/C13H20O3/c1-11(12(2)14)8-15-10-16-9-13-6-4-3-5-7-13/h3-7,11-12,14H,8-10H2,1-2H3/t11-,12+/m1/s1. The SMILES string of the molecule is C[C@H](O)[C@H](C)COCOCc1ccccc1. The first kappa shape index (κ1) is 13.2. The van der Waals surface area contributed by atoms with Crippen molar-refractivity contribution in [2.24, 2.45) is 5.92 Å². The normalized spacial score (nSPS) is 14.7. The predicted molar refractivity (Wildman–Crippen MR) is 62.9 cm³/mol. The average Bonchev–Trinajstić information content (AvgIpc) is 2.29. The lowest BCUT2D eigenvalue weighted by Gasteiger charge is -2.14. The Morgan fingerprint density at radius 3 is 2.44 bits per heavy atom. The van der Waals surface area contributed by atoms with Crippen LogP contribution in [0.1, 0.15) is 19.4 Å². The van der Waals surface area contributed by atoms with Crippen LogP contribution < -0.4 is 0 Å². The van der Waals surface area contributed by atoms with E-state index in [-0.39, 0.29) is 18.8 Å². The Morgan fingerprint density at radius 2 is 1.81 bits per heavy atom. The number of aliphatic hydroxyl groups is 1. The molecule has 2 atom stereocenters. The van der Waals surface area contributed by atoms with E-state index in [1.54, 1.807) is 6.92 Å². The quantitative estimate of drug-likeness (QED) is 0.570. The minimum absolute atomic E-state index is 0.139. The molecule has 3 heteroatoms. The van der Waals surface area contributed by atoms with Gasteiger partial charge in [0.25, 0.3) is 0 Å². The lowest BCUT2D eigenvalue weighted by Crippen LogP contribution is -2.19. The first-order valence-corrected chi connectivity index (χ1v) is 5.57. The second kappa shape index (κ2) is 7.39. The molecule has 16 heavy (non-hydrogen) atoms. The smallest absolute Gasteiger partial charge is 0.147 e. The van der Waals surface area contributed by atoms with Crippen molar-refractivity contribution in [3.63, 3.8) is 0 Å². The molecule has 0 unspecified atom stereocenters. The van der Waals surface area contributed by atoms with Crippen molar-refractivity contribution in [2.45, 2.75) is 26.6 Å². The Morgan fingerprint density at radius 1 is 1.12 bits per heavy atom. The maximum atomic E-state index is 9.23. The van der Waals surface area contributed by atoms with Crippen molar-refractivity contribution < 1.29 is 14.6 Å². The Balaban J connectivity index is 2.04. The van der Waals surface area contributed by atoms with Gasteiger partial charge in [0.2, 0.25) is 0 Å². The van der Waals surface area contributed by atoms with Gasteiger partial charge in [0, 0.05) is 5.92 Å². The molecule has 0 spiro atoms. The zero-order chi connectivity index (χ0) is 11.8. The Labute approximate surface area is 97.0 Å². The maximum Gasteiger partial charge on any atom is 0.147 e. The summed E-state index contributed by atoms with van der Waals surface area (Å²) >= 11 is 0. The van der Waals surface area contributed by atoms with Gasteiger partial charge in [-0.1, -0.05) is 37.3 Å². The van der Waals surface area contributed by atoms with Crippen molar-refractivity contribution in [1.82, 2.24) is 0 Å². The summed E-state index contributed by atoms with van der Waals surface area (Å²) in [5, 5.41) is 9.23. The van der Waals surface area contributed by atoms with E-state index >= 15 is 0 Å². The van der Waals surface area contributed by atoms with Crippen molar-refractivity contribution >= 4 is 0 Å². The zero-order valence-corrected chi connectivity index (χ0v) is 9.93. The van der Waals surface area contributed by atoms with Crippen LogP contribution in [0.5, 0.6) is 0 Å². The summed E-state index contributed by atoms with van der Waals surface area (Å²) in [5.41, 5.74) is 1.13. The van der Waals surface area contributed by atoms with E-state index in [1.807, 2.05) is 37.3 Å². The molecule has 0 aliphatic carbocycles. The summed E-state index contributed by atoms with van der Waals surface area (Å²) in [4.78, 5) is 0. The van der Waals surface area contributed by atoms with Gasteiger partial charge in [0.15, 0.2) is 0 Å². The van der Waals surface area contributed by atoms with Gasteiger partial charge in [-0.25, -0.2) is 0 Å². The number of hydrogen-bond donors (Lipinski definition) is 1. The van der Waals surface area contributed by atoms with Crippen LogP contribution in [0.2, 0.25) is 0 Å². The third kappa shape index (κ3) is 5.26. The third-order valence-corrected chi connectivity index (χ3v) is 2.48. The largest absolute Gasteiger partial charge is 0.393 e. The molecule has 0 saturated heterocycles. The van der Waals surface area contributed by atoms with Crippen LogP contribution in [0.3, 0.4) is 0 Å². The van der Waals surface area contributed by atoms with Crippen molar-refractivity contribution in [3.05, 3.63) is 35.9 Å². The van der Waals surface area contributed by atoms with Gasteiger partial charge in [-0.3, -0.25) is 0 Å². The molecular weight excluding hydrogens is 204 g/mol. The van der Waals surface area contributed by atoms with E-state index in [0.29, 0.717) is 13.2 Å². The first-order valence-electron chi connectivity index (χ1n) is 5.57. The molecular formula is C13H20O3. The van der Waals surface area contributed by atoms with Gasteiger partial charge in [-0.05, 0) is 12.5 Å². The van der Waals surface area contributed by atoms with Gasteiger partial charge in [0.1, 0.15) is 6.79 Å². The fourth-order valence-corrected chi connectivity index (χ4v) is 1.17. The van der Waals surface area contributed by atoms with Crippen LogP contribution in [0, 0.1) is 5.92 Å². The number of rotatable bonds is 7. The third-order valence-electron chi connectivity index (χ3n) is 2.48. The Bertz CT molecular complexity index is 272. The lowest BCUT2D eigenvalue weighted by atomic mass is 10.1. The molecule has 3 nitrogen and oxygen atoms in total. The van der Waals surface area contributed by atoms with Gasteiger partial charge in [-0.2, -0.15) is 0 Å². The fraction of sp³-hybridized carbons (Fsp3) is 0.538. The van der Waals surface area contributed by atoms with Crippen LogP contribution in [0.4, 0.5) is 0 Å². The molecule has 1 rings (SSSR count). The van der Waals surface area contributed by atoms with E-state index in [0.717, 1.165) is 5.56 Å². The Kier molecular flexibility index (Phi) is 6.08. The molecule has 1 aromatic rings. The molecule has 0 aromatic heterocycles. The minimum atomic E-state index is -0.339. The number of hydrogen-bond acceptors (Lipinski definition) is 3. The molecule has 0 fully saturated rings. The molecule has 0 heterocycles. The number of ether oxygens (including phenoxy) is 2. The predicted octanol–water partition coefficient (Wildman–Crippen LogP) is 2.19. The highest BCUT2D eigenvalue weighted by atomic mass is 16.7. The van der Waals surface area contributed by atoms with Crippen LogP contribution >= 0.6 is 0 Å². The fourth-order valence-electron chi connectivity index (χ4n) is 1.17. The van der Waals surface area contributed by atoms with Crippen LogP contribution in [-0.4, -0.2) is 24.6 Å². The van der Waals surface area contributed by atoms with E-state index in [4.69, 9.17) is 9.47 Å². The highest BCUT2D eigenvalue weighted by Gasteiger charge is 2.07. The molecule has 0 aliphatic heterocycles. The van der Waals surface area contributed by atoms with E-state index in [2.05, 4.69) is 0 Å². The topological polar surface area (TPSA) is 38.7 Å². The van der Waals surface area contributed by atoms with Crippen molar-refractivity contribution in [3.8, 4) is 0 Å². The van der Waals surface area contributed by atoms with Crippen LogP contribution in [0.25, 0.3) is 0 Å². The maximum absolute atomic E-state index is 9.23. The number of benzene rings is 1. The van der Waals surface area contributed by atoms with Crippen LogP contribution in [-0.2, 0) is 16.1 Å². The minimum Gasteiger partial charge on any atom is -0.393 e. The lowest BCUT2D eigenvalue weighted by molar-refractivity contribution is -0.0798. The molecule has 0 aliphatic rings. The van der Waals surface area contributed by atoms with Gasteiger partial charge < -0.3 is 14.6 Å². The van der Waals surface area contributed by atoms with E-state index < -0.39 is 0 Å². The molecule has 0 saturated carbocycles. The van der Waals surface area contributed by atoms with Crippen LogP contribution in [0.15, 0.2) is 30.3 Å². The zero-order valence-electron chi connectivity index (χ0n) is 9.93. The van der Waals surface area contributed by atoms with E-state index in [9.17, 15) is 5.11 Å². The summed E-state index contributed by atoms with van der Waals surface area (Å²) in [7, 11) is 0. The van der Waals surface area contributed by atoms with Gasteiger partial charge >= 0.3 is 0 Å². The van der Waals surface area contributed by atoms with Gasteiger partial charge in [-0.15, -0.1) is 0 Å². The highest BCUT2D eigenvalue weighted by Crippen LogP contribution is 2.03. The molecule has 0 bridgehead atoms. The first-order chi connectivity index (χ1) is 7.70. The second-order valence-electron chi connectivity index (χ2n) is 4.04. The van der Waals surface area contributed by atoms with E-state index in [1.165, 1.54) is 0 Å². The Hall–Kier alpha value is -0.900. The number of aliphatic hydroxyl groups excluding tert-OH is 1. The monoisotopic (exact) mass is 224 g/mol. The summed E-state index contributed by atoms with van der Waals surface area (Å²) < 4.78 is 10.6. The molecule has 90 valence electrons. The van der Waals surface area contributed by atoms with Gasteiger partial charge in [0.05, 0.1) is 19.3 Å². The van der Waals surface area contributed by atoms with Crippen molar-refractivity contribution in [2.75, 3.05) is 13.4 Å². The van der Waals surface area contributed by atoms with Crippen molar-refractivity contribution in [1.29, 1.82) is 0 Å². The summed E-state index contributed by atoms with van der Waals surface area (Å²) in [6.07, 6.45) is -0.339. The second-order valence-corrected chi connectivity index (χ2v) is 4.04. The molecule has 0 radical (unpaired) electrons. The summed E-state index contributed by atoms with van der Waals surface area (Å²) in [6.45, 7) is 5.06. The average molecular weight is 224 g/mol.